The van der Waals surface area contributed by atoms with Crippen LogP contribution in [0.4, 0.5) is 0 Å². The number of benzene rings is 1. The highest BCUT2D eigenvalue weighted by atomic mass is 16.3. The van der Waals surface area contributed by atoms with Gasteiger partial charge in [0.25, 0.3) is 0 Å². The molecule has 1 heterocycles. The molecule has 0 bridgehead atoms. The zero-order valence-electron chi connectivity index (χ0n) is 12.0. The molecule has 1 N–H and O–H groups in total. The van der Waals surface area contributed by atoms with E-state index in [-0.39, 0.29) is 6.10 Å². The summed E-state index contributed by atoms with van der Waals surface area (Å²) in [6, 6.07) is 8.75. The maximum absolute atomic E-state index is 10.8. The molecular weight excluding hydrogens is 234 g/mol. The predicted octanol–water partition coefficient (Wildman–Crippen LogP) is 3.01. The maximum Gasteiger partial charge on any atom is 0.0947 e. The van der Waals surface area contributed by atoms with E-state index < -0.39 is 0 Å². The summed E-state index contributed by atoms with van der Waals surface area (Å²) in [6.07, 6.45) is 3.12. The van der Waals surface area contributed by atoms with Crippen LogP contribution in [-0.4, -0.2) is 29.1 Å². The summed E-state index contributed by atoms with van der Waals surface area (Å²) < 4.78 is 0. The fraction of sp³-hybridized carbons (Fsp3) is 0.647. The van der Waals surface area contributed by atoms with Gasteiger partial charge in [0.1, 0.15) is 0 Å². The number of hydrogen-bond donors (Lipinski definition) is 1. The van der Waals surface area contributed by atoms with Gasteiger partial charge in [-0.1, -0.05) is 38.1 Å². The molecule has 2 heteroatoms. The van der Waals surface area contributed by atoms with Crippen molar-refractivity contribution in [2.24, 2.45) is 11.8 Å². The second-order valence-electron chi connectivity index (χ2n) is 6.51. The van der Waals surface area contributed by atoms with E-state index in [9.17, 15) is 5.11 Å². The molecule has 0 saturated carbocycles. The van der Waals surface area contributed by atoms with E-state index in [1.54, 1.807) is 0 Å². The van der Waals surface area contributed by atoms with Crippen LogP contribution in [0.2, 0.25) is 0 Å². The maximum atomic E-state index is 10.8. The molecule has 1 aliphatic carbocycles. The largest absolute Gasteiger partial charge is 0.387 e. The number of aryl methyl sites for hydroxylation is 1. The van der Waals surface area contributed by atoms with Crippen molar-refractivity contribution in [3.63, 3.8) is 0 Å². The van der Waals surface area contributed by atoms with Gasteiger partial charge in [-0.25, -0.2) is 0 Å². The summed E-state index contributed by atoms with van der Waals surface area (Å²) in [7, 11) is 0. The van der Waals surface area contributed by atoms with Crippen molar-refractivity contribution < 1.29 is 5.11 Å². The molecule has 104 valence electrons. The Balaban J connectivity index is 1.84. The lowest BCUT2D eigenvalue weighted by atomic mass is 9.98. The predicted molar refractivity (Wildman–Crippen MR) is 78.0 cm³/mol. The second-order valence-corrected chi connectivity index (χ2v) is 6.51. The van der Waals surface area contributed by atoms with Gasteiger partial charge >= 0.3 is 0 Å². The van der Waals surface area contributed by atoms with Crippen LogP contribution < -0.4 is 0 Å². The van der Waals surface area contributed by atoms with Crippen molar-refractivity contribution >= 4 is 0 Å². The van der Waals surface area contributed by atoms with Gasteiger partial charge in [0, 0.05) is 19.1 Å². The Morgan fingerprint density at radius 3 is 2.53 bits per heavy atom. The van der Waals surface area contributed by atoms with Crippen LogP contribution in [0.3, 0.4) is 0 Å². The average molecular weight is 259 g/mol. The lowest BCUT2D eigenvalue weighted by Crippen LogP contribution is -2.38. The summed E-state index contributed by atoms with van der Waals surface area (Å²) in [4.78, 5) is 2.53. The molecule has 1 aliphatic heterocycles. The molecule has 0 amide bonds. The molecule has 3 rings (SSSR count). The molecule has 19 heavy (non-hydrogen) atoms. The molecular formula is C17H25NO. The normalized spacial score (nSPS) is 35.9. The number of fused-ring (bicyclic) bond motifs is 1. The summed E-state index contributed by atoms with van der Waals surface area (Å²) in [5.74, 6) is 1.51. The lowest BCUT2D eigenvalue weighted by Gasteiger charge is -2.31. The van der Waals surface area contributed by atoms with Crippen LogP contribution in [0.1, 0.15) is 43.9 Å². The van der Waals surface area contributed by atoms with Gasteiger partial charge in [0.15, 0.2) is 0 Å². The fourth-order valence-corrected chi connectivity index (χ4v) is 3.74. The van der Waals surface area contributed by atoms with Gasteiger partial charge in [-0.3, -0.25) is 4.90 Å². The van der Waals surface area contributed by atoms with Gasteiger partial charge in [-0.15, -0.1) is 0 Å². The minimum absolute atomic E-state index is 0.309. The summed E-state index contributed by atoms with van der Waals surface area (Å²) >= 11 is 0. The summed E-state index contributed by atoms with van der Waals surface area (Å²) in [6.45, 7) is 6.96. The van der Waals surface area contributed by atoms with Gasteiger partial charge in [-0.2, -0.15) is 0 Å². The number of aliphatic hydroxyl groups excluding tert-OH is 1. The Labute approximate surface area is 116 Å². The number of hydrogen-bond acceptors (Lipinski definition) is 2. The Morgan fingerprint density at radius 1 is 1.11 bits per heavy atom. The van der Waals surface area contributed by atoms with Gasteiger partial charge in [0.2, 0.25) is 0 Å². The molecule has 0 radical (unpaired) electrons. The molecule has 0 spiro atoms. The van der Waals surface area contributed by atoms with E-state index in [2.05, 4.69) is 43.0 Å². The van der Waals surface area contributed by atoms with Gasteiger partial charge in [-0.05, 0) is 42.2 Å². The molecule has 4 atom stereocenters. The quantitative estimate of drug-likeness (QED) is 0.784. The van der Waals surface area contributed by atoms with E-state index in [4.69, 9.17) is 0 Å². The summed E-state index contributed by atoms with van der Waals surface area (Å²) in [5.41, 5.74) is 2.51. The molecule has 1 saturated heterocycles. The van der Waals surface area contributed by atoms with E-state index in [0.717, 1.165) is 43.3 Å². The van der Waals surface area contributed by atoms with Crippen LogP contribution in [0.5, 0.6) is 0 Å². The first-order chi connectivity index (χ1) is 9.16. The standard InChI is InChI=1S/C17H25NO/c1-12-10-18(11-13(12)2)16-9-5-7-14-6-3-4-8-15(14)17(16)19/h3-4,6,8,12-13,16-17,19H,5,7,9-11H2,1-2H3. The monoisotopic (exact) mass is 259 g/mol. The fourth-order valence-electron chi connectivity index (χ4n) is 3.74. The number of nitrogens with zero attached hydrogens (tertiary/aromatic N) is 1. The van der Waals surface area contributed by atoms with Crippen molar-refractivity contribution in [1.29, 1.82) is 0 Å². The molecule has 1 fully saturated rings. The first-order valence-corrected chi connectivity index (χ1v) is 7.66. The first-order valence-electron chi connectivity index (χ1n) is 7.66. The third-order valence-corrected chi connectivity index (χ3v) is 5.17. The minimum atomic E-state index is -0.309. The lowest BCUT2D eigenvalue weighted by molar-refractivity contribution is 0.0553. The summed E-state index contributed by atoms with van der Waals surface area (Å²) in [5, 5.41) is 10.8. The Bertz CT molecular complexity index is 435. The highest BCUT2D eigenvalue weighted by molar-refractivity contribution is 5.31. The smallest absolute Gasteiger partial charge is 0.0947 e. The number of aliphatic hydroxyl groups is 1. The topological polar surface area (TPSA) is 23.5 Å². The molecule has 2 aliphatic rings. The average Bonchev–Trinajstić information content (AvgIpc) is 2.65. The van der Waals surface area contributed by atoms with Gasteiger partial charge < -0.3 is 5.11 Å². The molecule has 2 nitrogen and oxygen atoms in total. The highest BCUT2D eigenvalue weighted by Gasteiger charge is 2.36. The number of rotatable bonds is 1. The van der Waals surface area contributed by atoms with Crippen molar-refractivity contribution in [3.05, 3.63) is 35.4 Å². The van der Waals surface area contributed by atoms with E-state index in [0.29, 0.717) is 6.04 Å². The Kier molecular flexibility index (Phi) is 3.64. The van der Waals surface area contributed by atoms with Crippen LogP contribution in [-0.2, 0) is 6.42 Å². The highest BCUT2D eigenvalue weighted by Crippen LogP contribution is 2.35. The van der Waals surface area contributed by atoms with Crippen LogP contribution in [0, 0.1) is 11.8 Å². The zero-order chi connectivity index (χ0) is 13.4. The van der Waals surface area contributed by atoms with Crippen molar-refractivity contribution in [2.75, 3.05) is 13.1 Å². The second kappa shape index (κ2) is 5.26. The SMILES string of the molecule is CC1CN(C2CCCc3ccccc3C2O)CC1C. The van der Waals surface area contributed by atoms with Crippen molar-refractivity contribution in [3.8, 4) is 0 Å². The molecule has 1 aromatic carbocycles. The van der Waals surface area contributed by atoms with E-state index in [1.807, 2.05) is 0 Å². The molecule has 0 aromatic heterocycles. The Hall–Kier alpha value is -0.860. The Morgan fingerprint density at radius 2 is 1.79 bits per heavy atom. The van der Waals surface area contributed by atoms with E-state index >= 15 is 0 Å². The van der Waals surface area contributed by atoms with Crippen LogP contribution in [0.25, 0.3) is 0 Å². The third kappa shape index (κ3) is 2.44. The van der Waals surface area contributed by atoms with Crippen LogP contribution in [0.15, 0.2) is 24.3 Å². The first kappa shape index (κ1) is 13.1. The minimum Gasteiger partial charge on any atom is -0.387 e. The zero-order valence-corrected chi connectivity index (χ0v) is 12.0. The van der Waals surface area contributed by atoms with E-state index in [1.165, 1.54) is 12.0 Å². The molecule has 1 aromatic rings. The van der Waals surface area contributed by atoms with Gasteiger partial charge in [0.05, 0.1) is 6.10 Å². The van der Waals surface area contributed by atoms with Crippen LogP contribution >= 0.6 is 0 Å². The van der Waals surface area contributed by atoms with Crippen molar-refractivity contribution in [2.45, 2.75) is 45.3 Å². The number of likely N-dealkylation sites (tertiary alicyclic amines) is 1. The van der Waals surface area contributed by atoms with Crippen molar-refractivity contribution in [1.82, 2.24) is 4.90 Å². The third-order valence-electron chi connectivity index (χ3n) is 5.17. The molecule has 4 unspecified atom stereocenters.